The Kier molecular flexibility index (Phi) is 5.99. The summed E-state index contributed by atoms with van der Waals surface area (Å²) < 4.78 is 57.7. The Morgan fingerprint density at radius 2 is 1.83 bits per heavy atom. The molecule has 0 bridgehead atoms. The van der Waals surface area contributed by atoms with Crippen LogP contribution in [0.4, 0.5) is 13.2 Å². The first-order valence-electron chi connectivity index (χ1n) is 9.31. The number of esters is 1. The van der Waals surface area contributed by atoms with E-state index >= 15 is 0 Å². The molecule has 0 saturated carbocycles. The number of benzene rings is 1. The second-order valence-electron chi connectivity index (χ2n) is 6.58. The van der Waals surface area contributed by atoms with Gasteiger partial charge in [-0.15, -0.1) is 0 Å². The molecule has 158 valence electrons. The molecule has 2 aliphatic rings. The van der Waals surface area contributed by atoms with Crippen molar-refractivity contribution < 1.29 is 32.2 Å². The molecule has 1 aromatic rings. The van der Waals surface area contributed by atoms with Crippen molar-refractivity contribution in [1.82, 2.24) is 4.90 Å². The fourth-order valence-electron chi connectivity index (χ4n) is 3.09. The first-order chi connectivity index (χ1) is 13.8. The normalized spacial score (nSPS) is 22.3. The molecule has 2 aliphatic heterocycles. The number of aliphatic imine (C=N–C) groups is 2. The molecule has 0 amide bonds. The van der Waals surface area contributed by atoms with Gasteiger partial charge >= 0.3 is 17.8 Å². The van der Waals surface area contributed by atoms with Crippen LogP contribution in [0.1, 0.15) is 31.7 Å². The van der Waals surface area contributed by atoms with E-state index in [2.05, 4.69) is 9.98 Å². The Morgan fingerprint density at radius 3 is 2.38 bits per heavy atom. The van der Waals surface area contributed by atoms with Crippen molar-refractivity contribution in [1.29, 1.82) is 0 Å². The number of hydrogen-bond acceptors (Lipinski definition) is 7. The van der Waals surface area contributed by atoms with E-state index in [-0.39, 0.29) is 24.1 Å². The monoisotopic (exact) mass is 413 g/mol. The third-order valence-electron chi connectivity index (χ3n) is 4.63. The van der Waals surface area contributed by atoms with Crippen LogP contribution in [-0.4, -0.2) is 61.4 Å². The first-order valence-corrected chi connectivity index (χ1v) is 9.31. The molecule has 0 radical (unpaired) electrons. The molecule has 0 N–H and O–H groups in total. The van der Waals surface area contributed by atoms with Crippen LogP contribution in [0.3, 0.4) is 0 Å². The summed E-state index contributed by atoms with van der Waals surface area (Å²) >= 11 is 0. The summed E-state index contributed by atoms with van der Waals surface area (Å²) in [5.41, 5.74) is -3.16. The molecule has 29 heavy (non-hydrogen) atoms. The van der Waals surface area contributed by atoms with Crippen molar-refractivity contribution in [3.05, 3.63) is 29.8 Å². The number of methoxy groups -OCH3 is 1. The minimum Gasteiger partial charge on any atom is -0.497 e. The van der Waals surface area contributed by atoms with Crippen LogP contribution in [0.25, 0.3) is 0 Å². The summed E-state index contributed by atoms with van der Waals surface area (Å²) in [4.78, 5) is 21.3. The minimum atomic E-state index is -5.11. The molecule has 1 saturated heterocycles. The summed E-state index contributed by atoms with van der Waals surface area (Å²) in [5, 5.41) is 0. The van der Waals surface area contributed by atoms with E-state index < -0.39 is 17.8 Å². The largest absolute Gasteiger partial charge is 0.497 e. The maximum absolute atomic E-state index is 14.1. The fraction of sp³-hybridized carbons (Fsp3) is 0.526. The van der Waals surface area contributed by atoms with Crippen LogP contribution in [0, 0.1) is 0 Å². The summed E-state index contributed by atoms with van der Waals surface area (Å²) in [6.45, 7) is 2.14. The second kappa shape index (κ2) is 8.30. The Balaban J connectivity index is 2.11. The highest BCUT2D eigenvalue weighted by molar-refractivity contribution is 6.05. The number of nitrogens with zero attached hydrogens (tertiary/aromatic N) is 3. The fourth-order valence-corrected chi connectivity index (χ4v) is 3.09. The van der Waals surface area contributed by atoms with Gasteiger partial charge in [-0.05, 0) is 50.5 Å². The van der Waals surface area contributed by atoms with Crippen molar-refractivity contribution in [3.63, 3.8) is 0 Å². The van der Waals surface area contributed by atoms with Gasteiger partial charge in [0.15, 0.2) is 0 Å². The van der Waals surface area contributed by atoms with Crippen LogP contribution in [0.15, 0.2) is 34.3 Å². The van der Waals surface area contributed by atoms with E-state index in [1.54, 1.807) is 17.0 Å². The second-order valence-corrected chi connectivity index (χ2v) is 6.58. The zero-order chi connectivity index (χ0) is 21.1. The van der Waals surface area contributed by atoms with Gasteiger partial charge < -0.3 is 19.1 Å². The quantitative estimate of drug-likeness (QED) is 0.710. The standard InChI is InChI=1S/C19H22F3N3O4/c1-3-28-16(26)18(19(20,21)22)23-15(13-7-9-14(27-2)10-8-13)29-17(24-18)25-11-5-4-6-12-25/h7-10H,3-6,11-12H2,1-2H3/t18-/m0/s1. The van der Waals surface area contributed by atoms with Crippen LogP contribution >= 0.6 is 0 Å². The highest BCUT2D eigenvalue weighted by atomic mass is 19.4. The lowest BCUT2D eigenvalue weighted by molar-refractivity contribution is -0.204. The van der Waals surface area contributed by atoms with Crippen molar-refractivity contribution in [3.8, 4) is 5.75 Å². The average molecular weight is 413 g/mol. The predicted molar refractivity (Wildman–Crippen MR) is 98.9 cm³/mol. The lowest BCUT2D eigenvalue weighted by atomic mass is 10.1. The number of rotatable bonds is 4. The van der Waals surface area contributed by atoms with E-state index in [0.717, 1.165) is 19.3 Å². The SMILES string of the molecule is CCOC(=O)[C@]1(C(F)(F)F)N=C(c2ccc(OC)cc2)OC(N2CCCCC2)=N1. The average Bonchev–Trinajstić information content (AvgIpc) is 2.73. The number of likely N-dealkylation sites (tertiary alicyclic amines) is 1. The highest BCUT2D eigenvalue weighted by Gasteiger charge is 2.65. The summed E-state index contributed by atoms with van der Waals surface area (Å²) in [6, 6.07) is 5.85. The lowest BCUT2D eigenvalue weighted by Gasteiger charge is -2.35. The zero-order valence-corrected chi connectivity index (χ0v) is 16.2. The van der Waals surface area contributed by atoms with E-state index in [0.29, 0.717) is 18.8 Å². The van der Waals surface area contributed by atoms with Gasteiger partial charge in [-0.3, -0.25) is 0 Å². The van der Waals surface area contributed by atoms with Gasteiger partial charge in [0.05, 0.1) is 13.7 Å². The molecule has 3 rings (SSSR count). The summed E-state index contributed by atoms with van der Waals surface area (Å²) in [5.74, 6) is -1.42. The molecule has 2 heterocycles. The smallest absolute Gasteiger partial charge is 0.446 e. The van der Waals surface area contributed by atoms with Crippen LogP contribution in [0.2, 0.25) is 0 Å². The number of carbonyl (C=O) groups excluding carboxylic acids is 1. The molecule has 1 aromatic carbocycles. The van der Waals surface area contributed by atoms with Crippen LogP contribution in [-0.2, 0) is 14.3 Å². The van der Waals surface area contributed by atoms with Crippen molar-refractivity contribution in [2.24, 2.45) is 9.98 Å². The summed E-state index contributed by atoms with van der Waals surface area (Å²) in [6.07, 6.45) is -2.57. The number of piperidine rings is 1. The van der Waals surface area contributed by atoms with E-state index in [1.165, 1.54) is 26.2 Å². The van der Waals surface area contributed by atoms with Gasteiger partial charge in [0.2, 0.25) is 5.90 Å². The Morgan fingerprint density at radius 1 is 1.17 bits per heavy atom. The molecule has 7 nitrogen and oxygen atoms in total. The van der Waals surface area contributed by atoms with Gasteiger partial charge in [0, 0.05) is 18.7 Å². The maximum atomic E-state index is 14.1. The zero-order valence-electron chi connectivity index (χ0n) is 16.2. The van der Waals surface area contributed by atoms with E-state index in [9.17, 15) is 18.0 Å². The van der Waals surface area contributed by atoms with Crippen molar-refractivity contribution in [2.75, 3.05) is 26.8 Å². The van der Waals surface area contributed by atoms with E-state index in [1.807, 2.05) is 0 Å². The maximum Gasteiger partial charge on any atom is 0.446 e. The molecule has 0 aliphatic carbocycles. The number of carbonyl (C=O) groups is 1. The Labute approximate surface area is 166 Å². The van der Waals surface area contributed by atoms with Crippen LogP contribution < -0.4 is 4.74 Å². The van der Waals surface area contributed by atoms with Gasteiger partial charge in [-0.25, -0.2) is 4.79 Å². The van der Waals surface area contributed by atoms with Crippen molar-refractivity contribution >= 4 is 17.9 Å². The molecule has 10 heteroatoms. The predicted octanol–water partition coefficient (Wildman–Crippen LogP) is 3.14. The first kappa shape index (κ1) is 20.9. The molecular formula is C19H22F3N3O4. The number of alkyl halides is 3. The molecule has 1 fully saturated rings. The third-order valence-corrected chi connectivity index (χ3v) is 4.63. The van der Waals surface area contributed by atoms with Crippen LogP contribution in [0.5, 0.6) is 5.75 Å². The van der Waals surface area contributed by atoms with Gasteiger partial charge in [-0.2, -0.15) is 23.2 Å². The minimum absolute atomic E-state index is 0.237. The molecular weight excluding hydrogens is 391 g/mol. The Hall–Kier alpha value is -2.78. The summed E-state index contributed by atoms with van der Waals surface area (Å²) in [7, 11) is 1.47. The van der Waals surface area contributed by atoms with E-state index in [4.69, 9.17) is 14.2 Å². The molecule has 0 unspecified atom stereocenters. The Bertz CT molecular complexity index is 802. The lowest BCUT2D eigenvalue weighted by Crippen LogP contribution is -2.55. The number of halogens is 3. The van der Waals surface area contributed by atoms with Gasteiger partial charge in [0.25, 0.3) is 6.02 Å². The van der Waals surface area contributed by atoms with Gasteiger partial charge in [0.1, 0.15) is 5.75 Å². The van der Waals surface area contributed by atoms with Crippen molar-refractivity contribution in [2.45, 2.75) is 38.0 Å². The topological polar surface area (TPSA) is 72.7 Å². The highest BCUT2D eigenvalue weighted by Crippen LogP contribution is 2.39. The molecule has 0 spiro atoms. The number of amidine groups is 1. The number of hydrogen-bond donors (Lipinski definition) is 0. The van der Waals surface area contributed by atoms with Gasteiger partial charge in [-0.1, -0.05) is 0 Å². The number of ether oxygens (including phenoxy) is 3. The molecule has 0 aromatic heterocycles. The third kappa shape index (κ3) is 4.15. The molecule has 1 atom stereocenters.